The van der Waals surface area contributed by atoms with Crippen LogP contribution in [0, 0.1) is 0 Å². The summed E-state index contributed by atoms with van der Waals surface area (Å²) in [6.07, 6.45) is -8.88. The Labute approximate surface area is 121 Å². The predicted octanol–water partition coefficient (Wildman–Crippen LogP) is 2.47. The highest BCUT2D eigenvalue weighted by molar-refractivity contribution is 5.84. The fourth-order valence-electron chi connectivity index (χ4n) is 1.64. The van der Waals surface area contributed by atoms with Crippen molar-refractivity contribution in [2.45, 2.75) is 31.5 Å². The SMILES string of the molecule is O=C(Cc1ccc(C(F)(F)F)cc1)NC(CC(F)F)C(=O)O. The summed E-state index contributed by atoms with van der Waals surface area (Å²) in [5.41, 5.74) is -0.690. The molecule has 0 heterocycles. The molecule has 1 unspecified atom stereocenters. The number of carboxylic acid groups (broad SMARTS) is 1. The third-order valence-corrected chi connectivity index (χ3v) is 2.69. The quantitative estimate of drug-likeness (QED) is 0.790. The average molecular weight is 325 g/mol. The molecule has 0 spiro atoms. The van der Waals surface area contributed by atoms with Gasteiger partial charge in [-0.05, 0) is 17.7 Å². The van der Waals surface area contributed by atoms with Crippen molar-refractivity contribution in [1.29, 1.82) is 0 Å². The van der Waals surface area contributed by atoms with Crippen LogP contribution in [-0.4, -0.2) is 29.5 Å². The van der Waals surface area contributed by atoms with Gasteiger partial charge in [-0.25, -0.2) is 13.6 Å². The second-order valence-electron chi connectivity index (χ2n) is 4.46. The fourth-order valence-corrected chi connectivity index (χ4v) is 1.64. The molecule has 0 aliphatic rings. The molecule has 9 heteroatoms. The Morgan fingerprint density at radius 1 is 1.14 bits per heavy atom. The van der Waals surface area contributed by atoms with Gasteiger partial charge >= 0.3 is 12.1 Å². The van der Waals surface area contributed by atoms with Crippen LogP contribution in [0.2, 0.25) is 0 Å². The molecule has 0 saturated carbocycles. The van der Waals surface area contributed by atoms with E-state index in [1.165, 1.54) is 0 Å². The number of hydrogen-bond acceptors (Lipinski definition) is 2. The summed E-state index contributed by atoms with van der Waals surface area (Å²) in [4.78, 5) is 22.3. The third-order valence-electron chi connectivity index (χ3n) is 2.69. The molecule has 0 bridgehead atoms. The van der Waals surface area contributed by atoms with Gasteiger partial charge in [0, 0.05) is 6.42 Å². The minimum absolute atomic E-state index is 0.201. The average Bonchev–Trinajstić information content (AvgIpc) is 2.36. The van der Waals surface area contributed by atoms with Gasteiger partial charge in [0.2, 0.25) is 12.3 Å². The van der Waals surface area contributed by atoms with Crippen molar-refractivity contribution >= 4 is 11.9 Å². The Kier molecular flexibility index (Phi) is 5.84. The highest BCUT2D eigenvalue weighted by Crippen LogP contribution is 2.29. The zero-order valence-electron chi connectivity index (χ0n) is 11.0. The summed E-state index contributed by atoms with van der Waals surface area (Å²) in [7, 11) is 0. The van der Waals surface area contributed by atoms with E-state index in [-0.39, 0.29) is 5.56 Å². The van der Waals surface area contributed by atoms with Gasteiger partial charge in [-0.1, -0.05) is 12.1 Å². The number of carbonyl (C=O) groups excluding carboxylic acids is 1. The van der Waals surface area contributed by atoms with Crippen LogP contribution in [0.3, 0.4) is 0 Å². The Morgan fingerprint density at radius 3 is 2.09 bits per heavy atom. The topological polar surface area (TPSA) is 66.4 Å². The number of rotatable bonds is 6. The Hall–Kier alpha value is -2.19. The van der Waals surface area contributed by atoms with Crippen molar-refractivity contribution < 1.29 is 36.6 Å². The fraction of sp³-hybridized carbons (Fsp3) is 0.385. The second kappa shape index (κ2) is 7.19. The normalized spacial score (nSPS) is 13.0. The summed E-state index contributed by atoms with van der Waals surface area (Å²) in [5, 5.41) is 10.6. The summed E-state index contributed by atoms with van der Waals surface area (Å²) < 4.78 is 61.4. The number of halogens is 5. The highest BCUT2D eigenvalue weighted by atomic mass is 19.4. The molecule has 122 valence electrons. The van der Waals surface area contributed by atoms with Gasteiger partial charge in [-0.15, -0.1) is 0 Å². The molecule has 1 aromatic rings. The van der Waals surface area contributed by atoms with Crippen LogP contribution in [0.4, 0.5) is 22.0 Å². The first-order chi connectivity index (χ1) is 10.1. The number of carboxylic acids is 1. The Morgan fingerprint density at radius 2 is 1.68 bits per heavy atom. The maximum absolute atomic E-state index is 12.3. The van der Waals surface area contributed by atoms with Crippen molar-refractivity contribution in [3.63, 3.8) is 0 Å². The Balaban J connectivity index is 2.66. The Bertz CT molecular complexity index is 527. The lowest BCUT2D eigenvalue weighted by Crippen LogP contribution is -2.42. The van der Waals surface area contributed by atoms with Crippen molar-refractivity contribution in [2.24, 2.45) is 0 Å². The van der Waals surface area contributed by atoms with Crippen LogP contribution < -0.4 is 5.32 Å². The van der Waals surface area contributed by atoms with Crippen LogP contribution >= 0.6 is 0 Å². The number of aliphatic carboxylic acids is 1. The molecule has 1 aromatic carbocycles. The van der Waals surface area contributed by atoms with E-state index < -0.39 is 48.9 Å². The van der Waals surface area contributed by atoms with Gasteiger partial charge in [0.25, 0.3) is 0 Å². The van der Waals surface area contributed by atoms with Crippen molar-refractivity contribution in [3.05, 3.63) is 35.4 Å². The van der Waals surface area contributed by atoms with Gasteiger partial charge < -0.3 is 10.4 Å². The lowest BCUT2D eigenvalue weighted by Gasteiger charge is -2.14. The molecule has 0 aromatic heterocycles. The van der Waals surface area contributed by atoms with Crippen LogP contribution in [0.5, 0.6) is 0 Å². The van der Waals surface area contributed by atoms with E-state index in [0.717, 1.165) is 24.3 Å². The predicted molar refractivity (Wildman–Crippen MR) is 65.3 cm³/mol. The van der Waals surface area contributed by atoms with Crippen LogP contribution in [0.15, 0.2) is 24.3 Å². The first-order valence-corrected chi connectivity index (χ1v) is 6.06. The van der Waals surface area contributed by atoms with E-state index >= 15 is 0 Å². The molecule has 2 N–H and O–H groups in total. The minimum atomic E-state index is -4.51. The summed E-state index contributed by atoms with van der Waals surface area (Å²) in [6.45, 7) is 0. The molecule has 1 amide bonds. The molecule has 1 rings (SSSR count). The van der Waals surface area contributed by atoms with Gasteiger partial charge in [0.1, 0.15) is 6.04 Å². The number of hydrogen-bond donors (Lipinski definition) is 2. The van der Waals surface area contributed by atoms with Gasteiger partial charge in [0.05, 0.1) is 12.0 Å². The molecular formula is C13H12F5NO3. The van der Waals surface area contributed by atoms with Gasteiger partial charge in [-0.3, -0.25) is 4.79 Å². The summed E-state index contributed by atoms with van der Waals surface area (Å²) in [6, 6.07) is 1.92. The van der Waals surface area contributed by atoms with Gasteiger partial charge in [0.15, 0.2) is 0 Å². The molecule has 0 aliphatic heterocycles. The zero-order chi connectivity index (χ0) is 16.9. The molecule has 1 atom stereocenters. The molecule has 0 aliphatic carbocycles. The third kappa shape index (κ3) is 5.66. The van der Waals surface area contributed by atoms with Crippen molar-refractivity contribution in [2.75, 3.05) is 0 Å². The van der Waals surface area contributed by atoms with E-state index in [1.807, 2.05) is 5.32 Å². The zero-order valence-corrected chi connectivity index (χ0v) is 11.0. The second-order valence-corrected chi connectivity index (χ2v) is 4.46. The van der Waals surface area contributed by atoms with Crippen molar-refractivity contribution in [3.8, 4) is 0 Å². The summed E-state index contributed by atoms with van der Waals surface area (Å²) in [5.74, 6) is -2.48. The minimum Gasteiger partial charge on any atom is -0.480 e. The molecular weight excluding hydrogens is 313 g/mol. The van der Waals surface area contributed by atoms with Crippen LogP contribution in [0.1, 0.15) is 17.5 Å². The standard InChI is InChI=1S/C13H12F5NO3/c14-10(15)6-9(12(21)22)19-11(20)5-7-1-3-8(4-2-7)13(16,17)18/h1-4,9-10H,5-6H2,(H,19,20)(H,21,22). The molecule has 4 nitrogen and oxygen atoms in total. The maximum Gasteiger partial charge on any atom is 0.416 e. The smallest absolute Gasteiger partial charge is 0.416 e. The lowest BCUT2D eigenvalue weighted by molar-refractivity contribution is -0.143. The lowest BCUT2D eigenvalue weighted by atomic mass is 10.1. The highest BCUT2D eigenvalue weighted by Gasteiger charge is 2.30. The van der Waals surface area contributed by atoms with E-state index in [2.05, 4.69) is 0 Å². The first-order valence-electron chi connectivity index (χ1n) is 6.06. The number of carbonyl (C=O) groups is 2. The largest absolute Gasteiger partial charge is 0.480 e. The van der Waals surface area contributed by atoms with Crippen molar-refractivity contribution in [1.82, 2.24) is 5.32 Å². The molecule has 22 heavy (non-hydrogen) atoms. The van der Waals surface area contributed by atoms with Crippen LogP contribution in [0.25, 0.3) is 0 Å². The van der Waals surface area contributed by atoms with E-state index in [1.54, 1.807) is 0 Å². The van der Waals surface area contributed by atoms with Gasteiger partial charge in [-0.2, -0.15) is 13.2 Å². The first kappa shape index (κ1) is 17.9. The van der Waals surface area contributed by atoms with E-state index in [9.17, 15) is 31.5 Å². The maximum atomic E-state index is 12.3. The van der Waals surface area contributed by atoms with E-state index in [0.29, 0.717) is 0 Å². The number of benzene rings is 1. The number of nitrogens with one attached hydrogen (secondary N) is 1. The molecule has 0 fully saturated rings. The van der Waals surface area contributed by atoms with Crippen LogP contribution in [-0.2, 0) is 22.2 Å². The van der Waals surface area contributed by atoms with E-state index in [4.69, 9.17) is 5.11 Å². The monoisotopic (exact) mass is 325 g/mol. The molecule has 0 saturated heterocycles. The number of amides is 1. The number of alkyl halides is 5. The molecule has 0 radical (unpaired) electrons. The summed E-state index contributed by atoms with van der Waals surface area (Å²) >= 11 is 0.